The van der Waals surface area contributed by atoms with E-state index in [9.17, 15) is 0 Å². The SMILES string of the molecule is COc1ccc(CN2C3CC2CN(c2ccc(-c4cc(OCC(C)(C)OC)cn5nc6c(c45)C=NC6)cn2)C3)cn1. The van der Waals surface area contributed by atoms with Gasteiger partial charge in [-0.25, -0.2) is 14.5 Å². The summed E-state index contributed by atoms with van der Waals surface area (Å²) in [5.74, 6) is 2.40. The quantitative estimate of drug-likeness (QED) is 0.307. The first-order valence-corrected chi connectivity index (χ1v) is 14.1. The summed E-state index contributed by atoms with van der Waals surface area (Å²) < 4.78 is 18.8. The molecule has 3 fully saturated rings. The van der Waals surface area contributed by atoms with Crippen LogP contribution in [0.4, 0.5) is 5.82 Å². The number of aliphatic imine (C=N–C) groups is 1. The van der Waals surface area contributed by atoms with Crippen molar-refractivity contribution in [2.45, 2.75) is 51.0 Å². The van der Waals surface area contributed by atoms with Gasteiger partial charge in [0.1, 0.15) is 18.2 Å². The van der Waals surface area contributed by atoms with Gasteiger partial charge in [-0.1, -0.05) is 6.07 Å². The maximum atomic E-state index is 6.17. The lowest BCUT2D eigenvalue weighted by molar-refractivity contribution is -0.0147. The van der Waals surface area contributed by atoms with Crippen molar-refractivity contribution in [1.82, 2.24) is 24.5 Å². The Bertz CT molecular complexity index is 1590. The van der Waals surface area contributed by atoms with Crippen LogP contribution >= 0.6 is 0 Å². The van der Waals surface area contributed by atoms with Gasteiger partial charge in [-0.3, -0.25) is 9.89 Å². The number of ether oxygens (including phenoxy) is 3. The Hall–Kier alpha value is -4.02. The molecule has 0 N–H and O–H groups in total. The Labute approximate surface area is 239 Å². The minimum Gasteiger partial charge on any atom is -0.489 e. The first-order chi connectivity index (χ1) is 19.9. The number of aromatic nitrogens is 4. The highest BCUT2D eigenvalue weighted by Crippen LogP contribution is 2.37. The number of hydrogen-bond acceptors (Lipinski definition) is 9. The Morgan fingerprint density at radius 1 is 1.02 bits per heavy atom. The molecule has 0 aromatic carbocycles. The molecular weight excluding hydrogens is 518 g/mol. The van der Waals surface area contributed by atoms with Crippen LogP contribution in [0.3, 0.4) is 0 Å². The first kappa shape index (κ1) is 25.9. The molecule has 4 aliphatic heterocycles. The number of hydrogen-bond donors (Lipinski definition) is 0. The molecule has 0 spiro atoms. The smallest absolute Gasteiger partial charge is 0.212 e. The molecule has 4 aliphatic rings. The summed E-state index contributed by atoms with van der Waals surface area (Å²) in [5, 5.41) is 4.79. The molecule has 4 aromatic rings. The van der Waals surface area contributed by atoms with Gasteiger partial charge in [0.15, 0.2) is 0 Å². The average Bonchev–Trinajstić information content (AvgIpc) is 3.60. The second kappa shape index (κ2) is 10.1. The van der Waals surface area contributed by atoms with Crippen molar-refractivity contribution in [2.24, 2.45) is 4.99 Å². The monoisotopic (exact) mass is 553 g/mol. The molecule has 0 saturated carbocycles. The van der Waals surface area contributed by atoms with Crippen LogP contribution in [0.2, 0.25) is 0 Å². The molecule has 2 unspecified atom stereocenters. The zero-order valence-corrected chi connectivity index (χ0v) is 23.9. The van der Waals surface area contributed by atoms with Crippen molar-refractivity contribution in [3.63, 3.8) is 0 Å². The maximum Gasteiger partial charge on any atom is 0.212 e. The van der Waals surface area contributed by atoms with Gasteiger partial charge in [0.05, 0.1) is 36.7 Å². The van der Waals surface area contributed by atoms with E-state index in [-0.39, 0.29) is 0 Å². The summed E-state index contributed by atoms with van der Waals surface area (Å²) in [6, 6.07) is 11.5. The van der Waals surface area contributed by atoms with Gasteiger partial charge < -0.3 is 19.1 Å². The normalized spacial score (nSPS) is 19.9. The molecule has 212 valence electrons. The lowest BCUT2D eigenvalue weighted by Gasteiger charge is -2.56. The number of nitrogens with zero attached hydrogens (tertiary/aromatic N) is 7. The first-order valence-electron chi connectivity index (χ1n) is 14.1. The predicted octanol–water partition coefficient (Wildman–Crippen LogP) is 4.00. The van der Waals surface area contributed by atoms with Crippen LogP contribution in [0.15, 0.2) is 53.9 Å². The highest BCUT2D eigenvalue weighted by molar-refractivity contribution is 5.99. The van der Waals surface area contributed by atoms with E-state index >= 15 is 0 Å². The molecule has 0 aliphatic carbocycles. The third-order valence-electron chi connectivity index (χ3n) is 8.51. The van der Waals surface area contributed by atoms with Gasteiger partial charge in [0, 0.05) is 80.2 Å². The summed E-state index contributed by atoms with van der Waals surface area (Å²) >= 11 is 0. The molecule has 8 heterocycles. The highest BCUT2D eigenvalue weighted by Gasteiger charge is 2.44. The van der Waals surface area contributed by atoms with E-state index in [0.717, 1.165) is 59.1 Å². The third-order valence-corrected chi connectivity index (χ3v) is 8.51. The number of anilines is 1. The molecular formula is C31H35N7O3. The lowest BCUT2D eigenvalue weighted by Crippen LogP contribution is -2.68. The fourth-order valence-electron chi connectivity index (χ4n) is 6.02. The molecule has 10 nitrogen and oxygen atoms in total. The Morgan fingerprint density at radius 2 is 1.88 bits per heavy atom. The Morgan fingerprint density at radius 3 is 2.59 bits per heavy atom. The van der Waals surface area contributed by atoms with Crippen LogP contribution in [-0.4, -0.2) is 82.3 Å². The van der Waals surface area contributed by atoms with Crippen LogP contribution in [-0.2, 0) is 17.8 Å². The molecule has 2 atom stereocenters. The number of methoxy groups -OCH3 is 2. The van der Waals surface area contributed by atoms with E-state index in [0.29, 0.717) is 31.1 Å². The maximum absolute atomic E-state index is 6.17. The van der Waals surface area contributed by atoms with Crippen LogP contribution in [0, 0.1) is 0 Å². The number of piperidine rings is 1. The van der Waals surface area contributed by atoms with Gasteiger partial charge in [-0.05, 0) is 44.0 Å². The summed E-state index contributed by atoms with van der Waals surface area (Å²) in [5.41, 5.74) is 5.94. The van der Waals surface area contributed by atoms with E-state index in [1.54, 1.807) is 14.2 Å². The number of rotatable bonds is 9. The van der Waals surface area contributed by atoms with Crippen molar-refractivity contribution in [3.05, 3.63) is 65.7 Å². The van der Waals surface area contributed by atoms with Crippen LogP contribution in [0.1, 0.15) is 37.1 Å². The van der Waals surface area contributed by atoms with Gasteiger partial charge in [0.2, 0.25) is 5.88 Å². The second-order valence-electron chi connectivity index (χ2n) is 11.7. The number of fused-ring (bicyclic) bond motifs is 5. The molecule has 8 rings (SSSR count). The lowest BCUT2D eigenvalue weighted by atomic mass is 9.87. The van der Waals surface area contributed by atoms with Crippen LogP contribution in [0.25, 0.3) is 16.6 Å². The van der Waals surface area contributed by atoms with Crippen LogP contribution in [0.5, 0.6) is 11.6 Å². The number of piperazine rings is 1. The average molecular weight is 554 g/mol. The topological polar surface area (TPSA) is 89.6 Å². The van der Waals surface area contributed by atoms with Gasteiger partial charge in [-0.15, -0.1) is 0 Å². The zero-order chi connectivity index (χ0) is 28.1. The van der Waals surface area contributed by atoms with Crippen molar-refractivity contribution in [3.8, 4) is 22.8 Å². The molecule has 3 saturated heterocycles. The predicted molar refractivity (Wildman–Crippen MR) is 157 cm³/mol. The van der Waals surface area contributed by atoms with Crippen LogP contribution < -0.4 is 14.4 Å². The summed E-state index contributed by atoms with van der Waals surface area (Å²) in [7, 11) is 3.34. The third kappa shape index (κ3) is 4.81. The zero-order valence-electron chi connectivity index (χ0n) is 23.9. The minimum atomic E-state index is -0.396. The molecule has 4 aromatic heterocycles. The summed E-state index contributed by atoms with van der Waals surface area (Å²) in [6.07, 6.45) is 8.98. The highest BCUT2D eigenvalue weighted by atomic mass is 16.5. The minimum absolute atomic E-state index is 0.396. The summed E-state index contributed by atoms with van der Waals surface area (Å²) in [6.45, 7) is 7.91. The van der Waals surface area contributed by atoms with Crippen molar-refractivity contribution in [2.75, 3.05) is 38.8 Å². The Kier molecular flexibility index (Phi) is 6.39. The van der Waals surface area contributed by atoms with E-state index in [2.05, 4.69) is 44.0 Å². The standard InChI is InChI=1S/C31H35N7O3/c1-31(2,40-4)19-41-24-10-25(30-26-13-32-14-27(26)35-38(30)18-24)21-6-7-28(33-12-21)36-16-22-9-23(17-36)37(22)15-20-5-8-29(39-3)34-11-20/h5-8,10-13,18,22-23H,9,14-17,19H2,1-4H3. The molecule has 0 radical (unpaired) electrons. The van der Waals surface area contributed by atoms with Crippen molar-refractivity contribution < 1.29 is 14.2 Å². The van der Waals surface area contributed by atoms with Gasteiger partial charge in [0.25, 0.3) is 0 Å². The largest absolute Gasteiger partial charge is 0.489 e. The molecule has 2 bridgehead atoms. The molecule has 41 heavy (non-hydrogen) atoms. The fraction of sp³-hybridized carbons (Fsp3) is 0.419. The number of pyridine rings is 3. The second-order valence-corrected chi connectivity index (χ2v) is 11.7. The Balaban J connectivity index is 1.10. The van der Waals surface area contributed by atoms with E-state index in [1.807, 2.05) is 49.2 Å². The van der Waals surface area contributed by atoms with Crippen molar-refractivity contribution >= 4 is 17.5 Å². The summed E-state index contributed by atoms with van der Waals surface area (Å²) in [4.78, 5) is 18.7. The van der Waals surface area contributed by atoms with Gasteiger partial charge >= 0.3 is 0 Å². The molecule has 10 heteroatoms. The van der Waals surface area contributed by atoms with E-state index < -0.39 is 5.60 Å². The van der Waals surface area contributed by atoms with E-state index in [4.69, 9.17) is 24.3 Å². The van der Waals surface area contributed by atoms with Crippen molar-refractivity contribution in [1.29, 1.82) is 0 Å². The molecule has 0 amide bonds. The van der Waals surface area contributed by atoms with E-state index in [1.165, 1.54) is 12.0 Å². The fourth-order valence-corrected chi connectivity index (χ4v) is 6.02. The van der Waals surface area contributed by atoms with Gasteiger partial charge in [-0.2, -0.15) is 5.10 Å².